The predicted molar refractivity (Wildman–Crippen MR) is 60.8 cm³/mol. The van der Waals surface area contributed by atoms with Crippen LogP contribution < -0.4 is 5.73 Å². The van der Waals surface area contributed by atoms with E-state index in [1.54, 1.807) is 6.07 Å². The summed E-state index contributed by atoms with van der Waals surface area (Å²) in [7, 11) is 0. The highest BCUT2D eigenvalue weighted by atomic mass is 35.5. The van der Waals surface area contributed by atoms with Crippen LogP contribution in [0.25, 0.3) is 0 Å². The van der Waals surface area contributed by atoms with E-state index in [1.165, 1.54) is 11.3 Å². The monoisotopic (exact) mass is 235 g/mol. The second-order valence-electron chi connectivity index (χ2n) is 3.78. The quantitative estimate of drug-likeness (QED) is 0.852. The minimum atomic E-state index is -1.31. The average Bonchev–Trinajstić information content (AvgIpc) is 2.50. The third kappa shape index (κ3) is 2.69. The van der Waals surface area contributed by atoms with Crippen LogP contribution in [0.1, 0.15) is 18.7 Å². The Morgan fingerprint density at radius 2 is 2.21 bits per heavy atom. The fourth-order valence-corrected chi connectivity index (χ4v) is 2.44. The fourth-order valence-electron chi connectivity index (χ4n) is 1.25. The number of halogens is 2. The zero-order chi connectivity index (χ0) is 10.8. The molecular weight excluding hydrogens is 221 g/mol. The number of hydrogen-bond donors (Lipinski definition) is 1. The number of hydrogen-bond acceptors (Lipinski definition) is 2. The van der Waals surface area contributed by atoms with E-state index in [0.717, 1.165) is 4.88 Å². The standard InChI is InChI=1S/C10H15ClFNS/c1-7(2)10(12,6-13)5-8-3-4-9(11)14-8/h3-4,7H,5-6,13H2,1-2H3. The van der Waals surface area contributed by atoms with Gasteiger partial charge in [-0.3, -0.25) is 0 Å². The van der Waals surface area contributed by atoms with Crippen LogP contribution in [0, 0.1) is 5.92 Å². The van der Waals surface area contributed by atoms with Gasteiger partial charge < -0.3 is 5.73 Å². The van der Waals surface area contributed by atoms with Crippen molar-refractivity contribution in [3.63, 3.8) is 0 Å². The molecule has 0 aliphatic carbocycles. The summed E-state index contributed by atoms with van der Waals surface area (Å²) < 4.78 is 14.9. The average molecular weight is 236 g/mol. The van der Waals surface area contributed by atoms with Crippen LogP contribution in [0.3, 0.4) is 0 Å². The van der Waals surface area contributed by atoms with Crippen LogP contribution in [0.5, 0.6) is 0 Å². The normalized spacial score (nSPS) is 15.9. The molecule has 1 unspecified atom stereocenters. The third-order valence-corrected chi connectivity index (χ3v) is 3.70. The van der Waals surface area contributed by atoms with Crippen LogP contribution in [-0.4, -0.2) is 12.2 Å². The lowest BCUT2D eigenvalue weighted by Gasteiger charge is -2.27. The molecule has 0 fully saturated rings. The van der Waals surface area contributed by atoms with Gasteiger partial charge in [-0.1, -0.05) is 25.4 Å². The van der Waals surface area contributed by atoms with Crippen LogP contribution in [0.4, 0.5) is 4.39 Å². The summed E-state index contributed by atoms with van der Waals surface area (Å²) in [6, 6.07) is 3.65. The van der Waals surface area contributed by atoms with Gasteiger partial charge in [0, 0.05) is 17.8 Å². The predicted octanol–water partition coefficient (Wildman–Crippen LogP) is 3.27. The van der Waals surface area contributed by atoms with E-state index < -0.39 is 5.67 Å². The molecule has 2 N–H and O–H groups in total. The number of nitrogens with two attached hydrogens (primary N) is 1. The number of alkyl halides is 1. The molecule has 0 spiro atoms. The molecule has 1 nitrogen and oxygen atoms in total. The molecule has 1 aromatic heterocycles. The van der Waals surface area contributed by atoms with Crippen LogP contribution >= 0.6 is 22.9 Å². The summed E-state index contributed by atoms with van der Waals surface area (Å²) in [5, 5.41) is 0. The summed E-state index contributed by atoms with van der Waals surface area (Å²) in [5.74, 6) is -0.0756. The van der Waals surface area contributed by atoms with Gasteiger partial charge >= 0.3 is 0 Å². The highest BCUT2D eigenvalue weighted by Gasteiger charge is 2.32. The Balaban J connectivity index is 2.75. The van der Waals surface area contributed by atoms with Crippen molar-refractivity contribution < 1.29 is 4.39 Å². The van der Waals surface area contributed by atoms with Crippen molar-refractivity contribution >= 4 is 22.9 Å². The molecule has 0 saturated heterocycles. The van der Waals surface area contributed by atoms with Gasteiger partial charge in [-0.05, 0) is 18.1 Å². The summed E-state index contributed by atoms with van der Waals surface area (Å²) in [5.41, 5.74) is 4.15. The molecule has 0 aliphatic heterocycles. The van der Waals surface area contributed by atoms with Crippen LogP contribution in [0.2, 0.25) is 4.34 Å². The molecule has 0 bridgehead atoms. The number of rotatable bonds is 4. The lowest BCUT2D eigenvalue weighted by atomic mass is 9.88. The van der Waals surface area contributed by atoms with E-state index in [0.29, 0.717) is 10.8 Å². The third-order valence-electron chi connectivity index (χ3n) is 2.47. The van der Waals surface area contributed by atoms with Crippen molar-refractivity contribution in [3.05, 3.63) is 21.3 Å². The lowest BCUT2D eigenvalue weighted by Crippen LogP contribution is -2.40. The first-order valence-corrected chi connectivity index (χ1v) is 5.80. The smallest absolute Gasteiger partial charge is 0.130 e. The molecule has 14 heavy (non-hydrogen) atoms. The van der Waals surface area contributed by atoms with E-state index >= 15 is 0 Å². The Morgan fingerprint density at radius 3 is 2.57 bits per heavy atom. The Morgan fingerprint density at radius 1 is 1.57 bits per heavy atom. The summed E-state index contributed by atoms with van der Waals surface area (Å²) >= 11 is 7.19. The molecule has 1 atom stereocenters. The van der Waals surface area contributed by atoms with Crippen LogP contribution in [0.15, 0.2) is 12.1 Å². The Labute approximate surface area is 93.1 Å². The first-order valence-electron chi connectivity index (χ1n) is 4.61. The van der Waals surface area contributed by atoms with Crippen molar-refractivity contribution in [1.29, 1.82) is 0 Å². The van der Waals surface area contributed by atoms with E-state index in [9.17, 15) is 4.39 Å². The molecule has 4 heteroatoms. The second-order valence-corrected chi connectivity index (χ2v) is 5.58. The van der Waals surface area contributed by atoms with Gasteiger partial charge in [0.2, 0.25) is 0 Å². The fraction of sp³-hybridized carbons (Fsp3) is 0.600. The van der Waals surface area contributed by atoms with Gasteiger partial charge in [-0.25, -0.2) is 4.39 Å². The van der Waals surface area contributed by atoms with Crippen LogP contribution in [-0.2, 0) is 6.42 Å². The molecule has 0 saturated carbocycles. The molecule has 0 aromatic carbocycles. The SMILES string of the molecule is CC(C)C(F)(CN)Cc1ccc(Cl)s1. The molecule has 0 aliphatic rings. The molecule has 0 amide bonds. The first-order chi connectivity index (χ1) is 6.48. The molecule has 1 aromatic rings. The first kappa shape index (κ1) is 12.0. The van der Waals surface area contributed by atoms with E-state index in [2.05, 4.69) is 0 Å². The van der Waals surface area contributed by atoms with Gasteiger partial charge in [-0.2, -0.15) is 0 Å². The van der Waals surface area contributed by atoms with Gasteiger partial charge in [-0.15, -0.1) is 11.3 Å². The minimum Gasteiger partial charge on any atom is -0.328 e. The molecular formula is C10H15ClFNS. The second kappa shape index (κ2) is 4.60. The highest BCUT2D eigenvalue weighted by Crippen LogP contribution is 2.30. The Kier molecular flexibility index (Phi) is 3.93. The van der Waals surface area contributed by atoms with Crippen molar-refractivity contribution in [1.82, 2.24) is 0 Å². The van der Waals surface area contributed by atoms with Gasteiger partial charge in [0.05, 0.1) is 4.34 Å². The van der Waals surface area contributed by atoms with E-state index in [1.807, 2.05) is 19.9 Å². The largest absolute Gasteiger partial charge is 0.328 e. The summed E-state index contributed by atoms with van der Waals surface area (Å²) in [4.78, 5) is 0.955. The van der Waals surface area contributed by atoms with Crippen molar-refractivity contribution in [2.45, 2.75) is 25.9 Å². The van der Waals surface area contributed by atoms with Crippen molar-refractivity contribution in [2.24, 2.45) is 11.7 Å². The summed E-state index contributed by atoms with van der Waals surface area (Å²) in [6.45, 7) is 3.75. The summed E-state index contributed by atoms with van der Waals surface area (Å²) in [6.07, 6.45) is 0.360. The minimum absolute atomic E-state index is 0.0557. The molecule has 1 rings (SSSR count). The van der Waals surface area contributed by atoms with Crippen molar-refractivity contribution in [2.75, 3.05) is 6.54 Å². The lowest BCUT2D eigenvalue weighted by molar-refractivity contribution is 0.111. The zero-order valence-corrected chi connectivity index (χ0v) is 9.96. The van der Waals surface area contributed by atoms with Gasteiger partial charge in [0.25, 0.3) is 0 Å². The maximum absolute atomic E-state index is 14.2. The Hall–Kier alpha value is -0.120. The van der Waals surface area contributed by atoms with Crippen molar-refractivity contribution in [3.8, 4) is 0 Å². The number of thiophene rings is 1. The van der Waals surface area contributed by atoms with E-state index in [-0.39, 0.29) is 12.5 Å². The maximum atomic E-state index is 14.2. The highest BCUT2D eigenvalue weighted by molar-refractivity contribution is 7.16. The maximum Gasteiger partial charge on any atom is 0.130 e. The van der Waals surface area contributed by atoms with Gasteiger partial charge in [0.15, 0.2) is 0 Å². The van der Waals surface area contributed by atoms with Gasteiger partial charge in [0.1, 0.15) is 5.67 Å². The topological polar surface area (TPSA) is 26.0 Å². The molecule has 0 radical (unpaired) electrons. The zero-order valence-electron chi connectivity index (χ0n) is 8.39. The Bertz CT molecular complexity index is 300. The molecule has 80 valence electrons. The van der Waals surface area contributed by atoms with E-state index in [4.69, 9.17) is 17.3 Å². The molecule has 1 heterocycles.